The number of alkyl halides is 2. The van der Waals surface area contributed by atoms with E-state index in [1.54, 1.807) is 30.3 Å². The van der Waals surface area contributed by atoms with Gasteiger partial charge in [-0.1, -0.05) is 37.3 Å². The Morgan fingerprint density at radius 1 is 1.33 bits per heavy atom. The Labute approximate surface area is 88.1 Å². The minimum Gasteiger partial charge on any atom is -0.303 e. The van der Waals surface area contributed by atoms with Gasteiger partial charge in [-0.05, 0) is 5.56 Å². The van der Waals surface area contributed by atoms with Crippen LogP contribution >= 0.6 is 0 Å². The van der Waals surface area contributed by atoms with E-state index in [0.29, 0.717) is 11.8 Å². The minimum atomic E-state index is -2.80. The second kappa shape index (κ2) is 5.01. The van der Waals surface area contributed by atoms with E-state index in [0.717, 1.165) is 0 Å². The number of rotatable bonds is 5. The van der Waals surface area contributed by atoms with Crippen LogP contribution in [0.3, 0.4) is 0 Å². The van der Waals surface area contributed by atoms with Crippen molar-refractivity contribution >= 4 is 6.29 Å². The molecule has 0 radical (unpaired) electrons. The van der Waals surface area contributed by atoms with Gasteiger partial charge in [-0.25, -0.2) is 8.78 Å². The van der Waals surface area contributed by atoms with Crippen molar-refractivity contribution in [2.45, 2.75) is 25.7 Å². The topological polar surface area (TPSA) is 17.1 Å². The summed E-state index contributed by atoms with van der Waals surface area (Å²) in [5.74, 6) is -3.40. The van der Waals surface area contributed by atoms with Crippen LogP contribution in [0.2, 0.25) is 0 Å². The van der Waals surface area contributed by atoms with Crippen molar-refractivity contribution in [1.82, 2.24) is 0 Å². The highest BCUT2D eigenvalue weighted by Crippen LogP contribution is 2.26. The van der Waals surface area contributed by atoms with E-state index in [-0.39, 0.29) is 12.8 Å². The zero-order valence-electron chi connectivity index (χ0n) is 8.62. The molecule has 3 heteroatoms. The monoisotopic (exact) mass is 212 g/mol. The summed E-state index contributed by atoms with van der Waals surface area (Å²) < 4.78 is 26.8. The van der Waals surface area contributed by atoms with Crippen molar-refractivity contribution in [2.75, 3.05) is 0 Å². The van der Waals surface area contributed by atoms with Gasteiger partial charge in [0.05, 0.1) is 0 Å². The first kappa shape index (κ1) is 11.8. The summed E-state index contributed by atoms with van der Waals surface area (Å²) >= 11 is 0. The van der Waals surface area contributed by atoms with E-state index in [1.807, 2.05) is 0 Å². The molecule has 1 atom stereocenters. The molecule has 0 aliphatic rings. The molecule has 0 amide bonds. The SMILES string of the molecule is C[C@H](C=O)CC(F)(F)Cc1ccccc1. The van der Waals surface area contributed by atoms with Gasteiger partial charge >= 0.3 is 0 Å². The Morgan fingerprint density at radius 3 is 2.47 bits per heavy atom. The minimum absolute atomic E-state index is 0.300. The molecule has 0 aliphatic heterocycles. The lowest BCUT2D eigenvalue weighted by atomic mass is 9.98. The molecule has 1 aromatic carbocycles. The summed E-state index contributed by atoms with van der Waals surface area (Å²) in [5.41, 5.74) is 0.598. The Kier molecular flexibility index (Phi) is 3.95. The maximum absolute atomic E-state index is 13.4. The van der Waals surface area contributed by atoms with Crippen LogP contribution in [0.4, 0.5) is 8.78 Å². The molecule has 0 unspecified atom stereocenters. The standard InChI is InChI=1S/C12H14F2O/c1-10(9-15)7-12(13,14)8-11-5-3-2-4-6-11/h2-6,9-10H,7-8H2,1H3/t10-/m0/s1. The largest absolute Gasteiger partial charge is 0.303 e. The predicted octanol–water partition coefficient (Wildman–Crippen LogP) is 3.09. The Hall–Kier alpha value is -1.25. The van der Waals surface area contributed by atoms with Gasteiger partial charge in [0.2, 0.25) is 0 Å². The van der Waals surface area contributed by atoms with Gasteiger partial charge in [-0.3, -0.25) is 0 Å². The van der Waals surface area contributed by atoms with Crippen LogP contribution in [0, 0.1) is 5.92 Å². The first-order valence-electron chi connectivity index (χ1n) is 4.90. The fourth-order valence-corrected chi connectivity index (χ4v) is 1.49. The molecule has 0 saturated heterocycles. The molecule has 1 aromatic rings. The summed E-state index contributed by atoms with van der Waals surface area (Å²) in [6, 6.07) is 8.58. The van der Waals surface area contributed by atoms with Gasteiger partial charge in [0.1, 0.15) is 6.29 Å². The van der Waals surface area contributed by atoms with Crippen LogP contribution in [0.1, 0.15) is 18.9 Å². The number of hydrogen-bond donors (Lipinski definition) is 0. The zero-order valence-corrected chi connectivity index (χ0v) is 8.62. The summed E-state index contributed by atoms with van der Waals surface area (Å²) in [7, 11) is 0. The fourth-order valence-electron chi connectivity index (χ4n) is 1.49. The molecule has 0 heterocycles. The van der Waals surface area contributed by atoms with Crippen LogP contribution in [0.25, 0.3) is 0 Å². The zero-order chi connectivity index (χ0) is 11.3. The molecule has 0 aromatic heterocycles. The molecule has 0 saturated carbocycles. The van der Waals surface area contributed by atoms with E-state index in [4.69, 9.17) is 0 Å². The molecular formula is C12H14F2O. The van der Waals surface area contributed by atoms with Gasteiger partial charge in [-0.2, -0.15) is 0 Å². The Balaban J connectivity index is 2.60. The summed E-state index contributed by atoms with van der Waals surface area (Å²) in [6.07, 6.45) is -0.115. The van der Waals surface area contributed by atoms with E-state index in [2.05, 4.69) is 0 Å². The lowest BCUT2D eigenvalue weighted by Gasteiger charge is -2.17. The first-order valence-corrected chi connectivity index (χ1v) is 4.90. The number of benzene rings is 1. The van der Waals surface area contributed by atoms with Gasteiger partial charge in [-0.15, -0.1) is 0 Å². The van der Waals surface area contributed by atoms with Crippen molar-refractivity contribution in [1.29, 1.82) is 0 Å². The summed E-state index contributed by atoms with van der Waals surface area (Å²) in [4.78, 5) is 10.3. The lowest BCUT2D eigenvalue weighted by Crippen LogP contribution is -2.23. The number of aldehydes is 1. The number of carbonyl (C=O) groups is 1. The molecule has 0 spiro atoms. The van der Waals surface area contributed by atoms with Gasteiger partial charge < -0.3 is 4.79 Å². The lowest BCUT2D eigenvalue weighted by molar-refractivity contribution is -0.114. The maximum Gasteiger partial charge on any atom is 0.252 e. The van der Waals surface area contributed by atoms with E-state index >= 15 is 0 Å². The highest BCUT2D eigenvalue weighted by atomic mass is 19.3. The van der Waals surface area contributed by atoms with Crippen LogP contribution in [0.5, 0.6) is 0 Å². The van der Waals surface area contributed by atoms with Gasteiger partial charge in [0.25, 0.3) is 5.92 Å². The molecule has 1 nitrogen and oxygen atoms in total. The van der Waals surface area contributed by atoms with Crippen molar-refractivity contribution in [3.05, 3.63) is 35.9 Å². The van der Waals surface area contributed by atoms with Crippen LogP contribution in [0.15, 0.2) is 30.3 Å². The summed E-state index contributed by atoms with van der Waals surface area (Å²) in [5, 5.41) is 0. The second-order valence-corrected chi connectivity index (χ2v) is 3.84. The normalized spacial score (nSPS) is 13.5. The van der Waals surface area contributed by atoms with Crippen molar-refractivity contribution < 1.29 is 13.6 Å². The average Bonchev–Trinajstić information content (AvgIpc) is 2.17. The Bertz CT molecular complexity index is 309. The summed E-state index contributed by atoms with van der Waals surface area (Å²) in [6.45, 7) is 1.51. The molecule has 0 fully saturated rings. The molecule has 0 aliphatic carbocycles. The van der Waals surface area contributed by atoms with Crippen LogP contribution in [-0.4, -0.2) is 12.2 Å². The van der Waals surface area contributed by atoms with Crippen molar-refractivity contribution in [3.8, 4) is 0 Å². The molecule has 0 bridgehead atoms. The highest BCUT2D eigenvalue weighted by Gasteiger charge is 2.31. The quantitative estimate of drug-likeness (QED) is 0.685. The maximum atomic E-state index is 13.4. The number of hydrogen-bond acceptors (Lipinski definition) is 1. The number of carbonyl (C=O) groups excluding carboxylic acids is 1. The third kappa shape index (κ3) is 4.19. The third-order valence-corrected chi connectivity index (χ3v) is 2.16. The Morgan fingerprint density at radius 2 is 1.93 bits per heavy atom. The van der Waals surface area contributed by atoms with Gasteiger partial charge in [0.15, 0.2) is 0 Å². The fraction of sp³-hybridized carbons (Fsp3) is 0.417. The highest BCUT2D eigenvalue weighted by molar-refractivity contribution is 5.52. The molecular weight excluding hydrogens is 198 g/mol. The molecule has 82 valence electrons. The predicted molar refractivity (Wildman–Crippen MR) is 54.9 cm³/mol. The second-order valence-electron chi connectivity index (χ2n) is 3.84. The van der Waals surface area contributed by atoms with E-state index in [1.165, 1.54) is 6.92 Å². The van der Waals surface area contributed by atoms with Crippen molar-refractivity contribution in [3.63, 3.8) is 0 Å². The third-order valence-electron chi connectivity index (χ3n) is 2.16. The first-order chi connectivity index (χ1) is 7.03. The van der Waals surface area contributed by atoms with E-state index < -0.39 is 11.8 Å². The average molecular weight is 212 g/mol. The van der Waals surface area contributed by atoms with E-state index in [9.17, 15) is 13.6 Å². The van der Waals surface area contributed by atoms with Crippen LogP contribution in [-0.2, 0) is 11.2 Å². The smallest absolute Gasteiger partial charge is 0.252 e. The molecule has 0 N–H and O–H groups in total. The molecule has 1 rings (SSSR count). The van der Waals surface area contributed by atoms with Crippen LogP contribution < -0.4 is 0 Å². The van der Waals surface area contributed by atoms with Crippen molar-refractivity contribution in [2.24, 2.45) is 5.92 Å². The molecule has 15 heavy (non-hydrogen) atoms. The number of halogens is 2. The van der Waals surface area contributed by atoms with Gasteiger partial charge in [0, 0.05) is 18.8 Å².